The van der Waals surface area contributed by atoms with Crippen LogP contribution in [0.15, 0.2) is 0 Å². The van der Waals surface area contributed by atoms with Crippen molar-refractivity contribution in [3.05, 3.63) is 0 Å². The molecule has 0 aromatic rings. The van der Waals surface area contributed by atoms with Crippen molar-refractivity contribution < 1.29 is 9.84 Å². The Labute approximate surface area is 67.7 Å². The van der Waals surface area contributed by atoms with E-state index in [0.29, 0.717) is 13.2 Å². The van der Waals surface area contributed by atoms with E-state index in [1.807, 2.05) is 0 Å². The summed E-state index contributed by atoms with van der Waals surface area (Å²) in [4.78, 5) is 0. The molecule has 0 radical (unpaired) electrons. The second-order valence-electron chi connectivity index (χ2n) is 3.11. The van der Waals surface area contributed by atoms with E-state index in [1.54, 1.807) is 0 Å². The van der Waals surface area contributed by atoms with Gasteiger partial charge in [0.05, 0.1) is 19.8 Å². The molecule has 0 aliphatic heterocycles. The third-order valence-corrected chi connectivity index (χ3v) is 2.00. The topological polar surface area (TPSA) is 41.5 Å². The highest BCUT2D eigenvalue weighted by molar-refractivity contribution is 4.89. The number of aliphatic hydroxyl groups is 1. The summed E-state index contributed by atoms with van der Waals surface area (Å²) < 4.78 is 5.08. The lowest BCUT2D eigenvalue weighted by Crippen LogP contribution is -2.23. The number of aliphatic hydroxyl groups excluding tert-OH is 1. The van der Waals surface area contributed by atoms with Crippen LogP contribution < -0.4 is 5.32 Å². The van der Waals surface area contributed by atoms with E-state index in [-0.39, 0.29) is 6.61 Å². The smallest absolute Gasteiger partial charge is 0.0698 e. The first-order valence-corrected chi connectivity index (χ1v) is 4.26. The molecular formula is C8H17NO2. The molecule has 0 aromatic heterocycles. The van der Waals surface area contributed by atoms with Gasteiger partial charge in [0.25, 0.3) is 0 Å². The fourth-order valence-corrected chi connectivity index (χ4v) is 1.09. The number of rotatable bonds is 6. The molecule has 1 aliphatic carbocycles. The number of ether oxygens (including phenoxy) is 1. The zero-order valence-electron chi connectivity index (χ0n) is 7.05. The van der Waals surface area contributed by atoms with Crippen LogP contribution >= 0.6 is 0 Å². The van der Waals surface area contributed by atoms with Gasteiger partial charge in [0.15, 0.2) is 0 Å². The second-order valence-corrected chi connectivity index (χ2v) is 3.11. The highest BCUT2D eigenvalue weighted by Gasteiger charge is 2.31. The van der Waals surface area contributed by atoms with Crippen molar-refractivity contribution in [2.45, 2.75) is 19.4 Å². The van der Waals surface area contributed by atoms with Crippen LogP contribution in [0.3, 0.4) is 0 Å². The van der Waals surface area contributed by atoms with E-state index in [2.05, 4.69) is 12.2 Å². The van der Waals surface area contributed by atoms with Gasteiger partial charge in [0, 0.05) is 12.6 Å². The molecule has 1 saturated carbocycles. The normalized spacial score (nSPS) is 28.9. The molecule has 0 spiro atoms. The fraction of sp³-hybridized carbons (Fsp3) is 1.00. The van der Waals surface area contributed by atoms with Crippen LogP contribution in [0.5, 0.6) is 0 Å². The molecule has 2 atom stereocenters. The van der Waals surface area contributed by atoms with Crippen LogP contribution in [0.2, 0.25) is 0 Å². The van der Waals surface area contributed by atoms with E-state index in [0.717, 1.165) is 18.5 Å². The summed E-state index contributed by atoms with van der Waals surface area (Å²) in [6.07, 6.45) is 1.31. The van der Waals surface area contributed by atoms with Gasteiger partial charge in [0.1, 0.15) is 0 Å². The van der Waals surface area contributed by atoms with Gasteiger partial charge >= 0.3 is 0 Å². The Morgan fingerprint density at radius 1 is 1.55 bits per heavy atom. The van der Waals surface area contributed by atoms with Gasteiger partial charge < -0.3 is 15.2 Å². The maximum absolute atomic E-state index is 8.38. The first-order chi connectivity index (χ1) is 5.34. The molecule has 0 saturated heterocycles. The van der Waals surface area contributed by atoms with E-state index >= 15 is 0 Å². The molecule has 2 N–H and O–H groups in total. The standard InChI is InChI=1S/C8H17NO2/c1-7-6-8(7)9-2-4-11-5-3-10/h7-10H,2-6H2,1H3. The lowest BCUT2D eigenvalue weighted by molar-refractivity contribution is 0.0936. The molecule has 3 heteroatoms. The van der Waals surface area contributed by atoms with Crippen LogP contribution in [0, 0.1) is 5.92 Å². The van der Waals surface area contributed by atoms with Crippen LogP contribution in [0.25, 0.3) is 0 Å². The summed E-state index contributed by atoms with van der Waals surface area (Å²) in [6.45, 7) is 4.45. The van der Waals surface area contributed by atoms with Gasteiger partial charge in [-0.2, -0.15) is 0 Å². The number of hydrogen-bond donors (Lipinski definition) is 2. The Morgan fingerprint density at radius 3 is 2.82 bits per heavy atom. The van der Waals surface area contributed by atoms with Gasteiger partial charge in [-0.25, -0.2) is 0 Å². The summed E-state index contributed by atoms with van der Waals surface area (Å²) in [5, 5.41) is 11.7. The predicted molar refractivity (Wildman–Crippen MR) is 43.5 cm³/mol. The minimum Gasteiger partial charge on any atom is -0.394 e. The molecule has 1 fully saturated rings. The highest BCUT2D eigenvalue weighted by atomic mass is 16.5. The monoisotopic (exact) mass is 159 g/mol. The molecule has 0 bridgehead atoms. The Hall–Kier alpha value is -0.120. The van der Waals surface area contributed by atoms with E-state index < -0.39 is 0 Å². The van der Waals surface area contributed by atoms with Gasteiger partial charge in [-0.3, -0.25) is 0 Å². The maximum atomic E-state index is 8.38. The van der Waals surface area contributed by atoms with Crippen molar-refractivity contribution in [1.29, 1.82) is 0 Å². The Bertz CT molecular complexity index is 108. The summed E-state index contributed by atoms with van der Waals surface area (Å²) >= 11 is 0. The Morgan fingerprint density at radius 2 is 2.27 bits per heavy atom. The average Bonchev–Trinajstić information content (AvgIpc) is 2.67. The predicted octanol–water partition coefficient (Wildman–Crippen LogP) is -0.00670. The largest absolute Gasteiger partial charge is 0.394 e. The van der Waals surface area contributed by atoms with Crippen molar-refractivity contribution in [3.63, 3.8) is 0 Å². The summed E-state index contributed by atoms with van der Waals surface area (Å²) in [5.74, 6) is 0.854. The molecule has 0 amide bonds. The van der Waals surface area contributed by atoms with Crippen molar-refractivity contribution in [3.8, 4) is 0 Å². The third kappa shape index (κ3) is 3.70. The van der Waals surface area contributed by atoms with Crippen molar-refractivity contribution in [2.24, 2.45) is 5.92 Å². The SMILES string of the molecule is CC1CC1NCCOCCO. The van der Waals surface area contributed by atoms with Crippen LogP contribution in [0.1, 0.15) is 13.3 Å². The van der Waals surface area contributed by atoms with Gasteiger partial charge in [-0.1, -0.05) is 6.92 Å². The average molecular weight is 159 g/mol. The van der Waals surface area contributed by atoms with E-state index in [1.165, 1.54) is 6.42 Å². The molecule has 1 rings (SSSR count). The second kappa shape index (κ2) is 4.70. The first-order valence-electron chi connectivity index (χ1n) is 4.26. The van der Waals surface area contributed by atoms with Crippen molar-refractivity contribution >= 4 is 0 Å². The number of hydrogen-bond acceptors (Lipinski definition) is 3. The quantitative estimate of drug-likeness (QED) is 0.536. The Balaban J connectivity index is 1.74. The lowest BCUT2D eigenvalue weighted by Gasteiger charge is -2.02. The lowest BCUT2D eigenvalue weighted by atomic mass is 10.5. The van der Waals surface area contributed by atoms with E-state index in [9.17, 15) is 0 Å². The Kier molecular flexibility index (Phi) is 3.83. The first kappa shape index (κ1) is 8.97. The molecule has 11 heavy (non-hydrogen) atoms. The van der Waals surface area contributed by atoms with Crippen LogP contribution in [0.4, 0.5) is 0 Å². The van der Waals surface area contributed by atoms with Crippen LogP contribution in [-0.4, -0.2) is 37.5 Å². The van der Waals surface area contributed by atoms with Crippen LogP contribution in [-0.2, 0) is 4.74 Å². The van der Waals surface area contributed by atoms with Gasteiger partial charge in [0.2, 0.25) is 0 Å². The minimum absolute atomic E-state index is 0.125. The van der Waals surface area contributed by atoms with E-state index in [4.69, 9.17) is 9.84 Å². The van der Waals surface area contributed by atoms with Crippen molar-refractivity contribution in [1.82, 2.24) is 5.32 Å². The summed E-state index contributed by atoms with van der Waals surface area (Å²) in [7, 11) is 0. The molecular weight excluding hydrogens is 142 g/mol. The third-order valence-electron chi connectivity index (χ3n) is 2.00. The fourth-order valence-electron chi connectivity index (χ4n) is 1.09. The molecule has 0 aromatic carbocycles. The number of nitrogens with one attached hydrogen (secondary N) is 1. The minimum atomic E-state index is 0.125. The van der Waals surface area contributed by atoms with Crippen molar-refractivity contribution in [2.75, 3.05) is 26.4 Å². The highest BCUT2D eigenvalue weighted by Crippen LogP contribution is 2.28. The maximum Gasteiger partial charge on any atom is 0.0698 e. The molecule has 2 unspecified atom stereocenters. The molecule has 66 valence electrons. The molecule has 0 heterocycles. The molecule has 3 nitrogen and oxygen atoms in total. The summed E-state index contributed by atoms with van der Waals surface area (Å²) in [6, 6.07) is 0.729. The van der Waals surface area contributed by atoms with Gasteiger partial charge in [-0.05, 0) is 12.3 Å². The zero-order valence-corrected chi connectivity index (χ0v) is 7.05. The van der Waals surface area contributed by atoms with Gasteiger partial charge in [-0.15, -0.1) is 0 Å². The summed E-state index contributed by atoms with van der Waals surface area (Å²) in [5.41, 5.74) is 0. The molecule has 1 aliphatic rings. The zero-order chi connectivity index (χ0) is 8.10.